The van der Waals surface area contributed by atoms with Gasteiger partial charge in [0.2, 0.25) is 0 Å². The third-order valence-electron chi connectivity index (χ3n) is 1.55. The van der Waals surface area contributed by atoms with Crippen molar-refractivity contribution in [2.45, 2.75) is 11.9 Å². The molecule has 0 spiro atoms. The summed E-state index contributed by atoms with van der Waals surface area (Å²) in [7, 11) is 0. The maximum Gasteiger partial charge on any atom is 0.0993 e. The van der Waals surface area contributed by atoms with E-state index in [1.54, 1.807) is 30.1 Å². The third kappa shape index (κ3) is 3.77. The van der Waals surface area contributed by atoms with Crippen molar-refractivity contribution in [1.29, 1.82) is 5.26 Å². The number of pyridine rings is 1. The molecule has 0 aliphatic carbocycles. The zero-order valence-electron chi connectivity index (χ0n) is 8.06. The number of hydrogen-bond acceptors (Lipinski definition) is 4. The van der Waals surface area contributed by atoms with Crippen LogP contribution in [0, 0.1) is 11.3 Å². The summed E-state index contributed by atoms with van der Waals surface area (Å²) >= 11 is 1.60. The number of ether oxygens (including phenoxy) is 1. The van der Waals surface area contributed by atoms with Gasteiger partial charge in [-0.25, -0.2) is 4.98 Å². The first-order valence-corrected chi connectivity index (χ1v) is 5.42. The molecule has 0 amide bonds. The largest absolute Gasteiger partial charge is 0.381 e. The molecule has 0 aliphatic heterocycles. The van der Waals surface area contributed by atoms with E-state index in [0.29, 0.717) is 5.56 Å². The predicted octanol–water partition coefficient (Wildman–Crippen LogP) is 2.08. The summed E-state index contributed by atoms with van der Waals surface area (Å²) in [5.74, 6) is 0.871. The van der Waals surface area contributed by atoms with Crippen LogP contribution in [0.5, 0.6) is 0 Å². The molecule has 1 rings (SSSR count). The lowest BCUT2D eigenvalue weighted by Gasteiger charge is -2.00. The molecule has 3 nitrogen and oxygen atoms in total. The van der Waals surface area contributed by atoms with Crippen LogP contribution in [-0.2, 0) is 4.74 Å². The summed E-state index contributed by atoms with van der Waals surface area (Å²) in [5.41, 5.74) is 0.652. The van der Waals surface area contributed by atoms with Gasteiger partial charge < -0.3 is 4.74 Å². The maximum atomic E-state index is 8.66. The van der Waals surface area contributed by atoms with Gasteiger partial charge >= 0.3 is 0 Å². The minimum atomic E-state index is 0.652. The van der Waals surface area contributed by atoms with Gasteiger partial charge in [0, 0.05) is 18.6 Å². The average molecular weight is 208 g/mol. The molecule has 0 unspecified atom stereocenters. The van der Waals surface area contributed by atoms with E-state index in [-0.39, 0.29) is 0 Å². The summed E-state index contributed by atoms with van der Waals surface area (Å²) in [4.78, 5) is 4.14. The highest BCUT2D eigenvalue weighted by Gasteiger charge is 1.97. The monoisotopic (exact) mass is 208 g/mol. The smallest absolute Gasteiger partial charge is 0.0993 e. The van der Waals surface area contributed by atoms with Crippen LogP contribution in [0.2, 0.25) is 0 Å². The molecule has 1 aromatic rings. The molecule has 0 fully saturated rings. The minimum Gasteiger partial charge on any atom is -0.381 e. The Bertz CT molecular complexity index is 322. The Hall–Kier alpha value is -1.05. The van der Waals surface area contributed by atoms with Crippen molar-refractivity contribution < 1.29 is 4.74 Å². The van der Waals surface area contributed by atoms with Gasteiger partial charge in [0.15, 0.2) is 0 Å². The summed E-state index contributed by atoms with van der Waals surface area (Å²) in [6, 6.07) is 5.57. The number of thioether (sulfide) groups is 1. The SMILES string of the molecule is CCOCCSc1cc(C#N)ccn1. The van der Waals surface area contributed by atoms with E-state index in [0.717, 1.165) is 24.0 Å². The maximum absolute atomic E-state index is 8.66. The van der Waals surface area contributed by atoms with Crippen molar-refractivity contribution in [1.82, 2.24) is 4.98 Å². The van der Waals surface area contributed by atoms with Crippen molar-refractivity contribution in [2.24, 2.45) is 0 Å². The molecule has 74 valence electrons. The second-order valence-electron chi connectivity index (χ2n) is 2.54. The van der Waals surface area contributed by atoms with Gasteiger partial charge in [-0.2, -0.15) is 5.26 Å². The highest BCUT2D eigenvalue weighted by atomic mass is 32.2. The van der Waals surface area contributed by atoms with Crippen LogP contribution in [0.3, 0.4) is 0 Å². The Morgan fingerprint density at radius 1 is 1.64 bits per heavy atom. The molecule has 0 aliphatic rings. The van der Waals surface area contributed by atoms with E-state index in [2.05, 4.69) is 11.1 Å². The minimum absolute atomic E-state index is 0.652. The molecule has 14 heavy (non-hydrogen) atoms. The van der Waals surface area contributed by atoms with Gasteiger partial charge in [0.1, 0.15) is 0 Å². The Morgan fingerprint density at radius 2 is 2.50 bits per heavy atom. The van der Waals surface area contributed by atoms with Gasteiger partial charge in [-0.3, -0.25) is 0 Å². The van der Waals surface area contributed by atoms with E-state index in [4.69, 9.17) is 10.00 Å². The van der Waals surface area contributed by atoms with E-state index >= 15 is 0 Å². The van der Waals surface area contributed by atoms with Crippen LogP contribution in [0.25, 0.3) is 0 Å². The molecule has 0 radical (unpaired) electrons. The summed E-state index contributed by atoms with van der Waals surface area (Å²) < 4.78 is 5.20. The lowest BCUT2D eigenvalue weighted by atomic mass is 10.3. The summed E-state index contributed by atoms with van der Waals surface area (Å²) in [6.45, 7) is 3.44. The highest BCUT2D eigenvalue weighted by Crippen LogP contribution is 2.15. The summed E-state index contributed by atoms with van der Waals surface area (Å²) in [5, 5.41) is 9.54. The van der Waals surface area contributed by atoms with Crippen LogP contribution in [0.15, 0.2) is 23.4 Å². The Morgan fingerprint density at radius 3 is 3.21 bits per heavy atom. The molecule has 0 atom stereocenters. The van der Waals surface area contributed by atoms with Gasteiger partial charge in [-0.1, -0.05) is 0 Å². The fourth-order valence-corrected chi connectivity index (χ4v) is 1.66. The second kappa shape index (κ2) is 6.41. The molecule has 0 saturated heterocycles. The van der Waals surface area contributed by atoms with Crippen LogP contribution in [-0.4, -0.2) is 24.0 Å². The third-order valence-corrected chi connectivity index (χ3v) is 2.44. The predicted molar refractivity (Wildman–Crippen MR) is 56.2 cm³/mol. The zero-order chi connectivity index (χ0) is 10.2. The van der Waals surface area contributed by atoms with E-state index in [1.165, 1.54) is 0 Å². The average Bonchev–Trinajstić information content (AvgIpc) is 2.25. The Balaban J connectivity index is 2.39. The Labute approximate surface area is 88.1 Å². The van der Waals surface area contributed by atoms with Crippen molar-refractivity contribution >= 4 is 11.8 Å². The van der Waals surface area contributed by atoms with Gasteiger partial charge in [0.05, 0.1) is 23.3 Å². The first kappa shape index (κ1) is 11.0. The van der Waals surface area contributed by atoms with Gasteiger partial charge in [0.25, 0.3) is 0 Å². The zero-order valence-corrected chi connectivity index (χ0v) is 8.88. The first-order valence-electron chi connectivity index (χ1n) is 4.43. The first-order chi connectivity index (χ1) is 6.86. The second-order valence-corrected chi connectivity index (χ2v) is 3.66. The molecule has 0 saturated carbocycles. The normalized spacial score (nSPS) is 9.71. The van der Waals surface area contributed by atoms with Crippen molar-refractivity contribution in [3.05, 3.63) is 23.9 Å². The van der Waals surface area contributed by atoms with Crippen LogP contribution >= 0.6 is 11.8 Å². The number of aromatic nitrogens is 1. The molecular formula is C10H12N2OS. The highest BCUT2D eigenvalue weighted by molar-refractivity contribution is 7.99. The molecule has 0 bridgehead atoms. The van der Waals surface area contributed by atoms with Crippen molar-refractivity contribution in [2.75, 3.05) is 19.0 Å². The van der Waals surface area contributed by atoms with E-state index in [9.17, 15) is 0 Å². The molecule has 1 aromatic heterocycles. The standard InChI is InChI=1S/C10H12N2OS/c1-2-13-5-6-14-10-7-9(8-11)3-4-12-10/h3-4,7H,2,5-6H2,1H3. The van der Waals surface area contributed by atoms with Gasteiger partial charge in [-0.15, -0.1) is 11.8 Å². The molecule has 0 aromatic carbocycles. The number of nitriles is 1. The molecule has 1 heterocycles. The molecular weight excluding hydrogens is 196 g/mol. The lowest BCUT2D eigenvalue weighted by molar-refractivity contribution is 0.164. The molecule has 4 heteroatoms. The van der Waals surface area contributed by atoms with Crippen LogP contribution in [0.1, 0.15) is 12.5 Å². The van der Waals surface area contributed by atoms with Crippen LogP contribution in [0.4, 0.5) is 0 Å². The fraction of sp³-hybridized carbons (Fsp3) is 0.400. The van der Waals surface area contributed by atoms with Crippen LogP contribution < -0.4 is 0 Å². The quantitative estimate of drug-likeness (QED) is 0.549. The van der Waals surface area contributed by atoms with Crippen molar-refractivity contribution in [3.8, 4) is 6.07 Å². The summed E-state index contributed by atoms with van der Waals surface area (Å²) in [6.07, 6.45) is 1.65. The van der Waals surface area contributed by atoms with E-state index in [1.807, 2.05) is 6.92 Å². The van der Waals surface area contributed by atoms with Crippen molar-refractivity contribution in [3.63, 3.8) is 0 Å². The number of nitrogens with zero attached hydrogens (tertiary/aromatic N) is 2. The van der Waals surface area contributed by atoms with E-state index < -0.39 is 0 Å². The number of hydrogen-bond donors (Lipinski definition) is 0. The fourth-order valence-electron chi connectivity index (χ4n) is 0.907. The molecule has 0 N–H and O–H groups in total. The van der Waals surface area contributed by atoms with Gasteiger partial charge in [-0.05, 0) is 19.1 Å². The number of rotatable bonds is 5. The topological polar surface area (TPSA) is 45.9 Å². The Kier molecular flexibility index (Phi) is 5.05. The lowest BCUT2D eigenvalue weighted by Crippen LogP contribution is -1.96.